The maximum absolute atomic E-state index is 12.4. The number of cyclic esters (lactones) is 1. The second kappa shape index (κ2) is 9.49. The molecule has 0 spiro atoms. The van der Waals surface area contributed by atoms with Crippen LogP contribution in [-0.2, 0) is 19.0 Å². The molecule has 6 rings (SSSR count). The molecule has 5 fully saturated rings. The number of oxime groups is 1. The Hall–Kier alpha value is -1.56. The molecule has 0 radical (unpaired) electrons. The highest BCUT2D eigenvalue weighted by Gasteiger charge is 2.71. The van der Waals surface area contributed by atoms with Crippen LogP contribution in [0.25, 0.3) is 0 Å². The molecule has 0 unspecified atom stereocenters. The molecule has 2 heterocycles. The van der Waals surface area contributed by atoms with E-state index in [1.165, 1.54) is 6.21 Å². The highest BCUT2D eigenvalue weighted by atomic mass is 16.7. The van der Waals surface area contributed by atoms with Crippen molar-refractivity contribution in [2.45, 2.75) is 120 Å². The largest absolute Gasteiger partial charge is 0.458 e. The van der Waals surface area contributed by atoms with Crippen molar-refractivity contribution >= 4 is 12.2 Å². The van der Waals surface area contributed by atoms with Gasteiger partial charge in [0.1, 0.15) is 12.7 Å². The third kappa shape index (κ3) is 3.96. The fraction of sp³-hybridized carbons (Fsp3) is 0.862. The van der Waals surface area contributed by atoms with Crippen LogP contribution in [0.5, 0.6) is 0 Å². The monoisotopic (exact) mass is 549 g/mol. The third-order valence-corrected chi connectivity index (χ3v) is 11.9. The molecule has 10 heteroatoms. The molecule has 2 aliphatic heterocycles. The summed E-state index contributed by atoms with van der Waals surface area (Å²) in [6.45, 7) is 4.15. The first-order chi connectivity index (χ1) is 18.5. The minimum absolute atomic E-state index is 0.0664. The van der Waals surface area contributed by atoms with Gasteiger partial charge in [0.05, 0.1) is 35.7 Å². The highest BCUT2D eigenvalue weighted by Crippen LogP contribution is 2.70. The highest BCUT2D eigenvalue weighted by molar-refractivity contribution is 5.85. The van der Waals surface area contributed by atoms with Crippen LogP contribution < -0.4 is 0 Å². The van der Waals surface area contributed by atoms with Crippen LogP contribution in [-0.4, -0.2) is 86.3 Å². The summed E-state index contributed by atoms with van der Waals surface area (Å²) in [5.74, 6) is -0.372. The van der Waals surface area contributed by atoms with Crippen molar-refractivity contribution in [2.75, 3.05) is 6.61 Å². The normalized spacial score (nSPS) is 53.6. The van der Waals surface area contributed by atoms with Crippen molar-refractivity contribution in [1.82, 2.24) is 0 Å². The van der Waals surface area contributed by atoms with Crippen LogP contribution in [0.2, 0.25) is 0 Å². The van der Waals surface area contributed by atoms with Gasteiger partial charge in [0.25, 0.3) is 0 Å². The van der Waals surface area contributed by atoms with E-state index in [1.807, 2.05) is 0 Å². The van der Waals surface area contributed by atoms with Gasteiger partial charge in [-0.2, -0.15) is 0 Å². The van der Waals surface area contributed by atoms with Gasteiger partial charge in [-0.15, -0.1) is 5.16 Å². The Labute approximate surface area is 229 Å². The predicted octanol–water partition coefficient (Wildman–Crippen LogP) is 2.04. The summed E-state index contributed by atoms with van der Waals surface area (Å²) in [5, 5.41) is 58.2. The second-order valence-corrected chi connectivity index (χ2v) is 13.4. The molecule has 10 nitrogen and oxygen atoms in total. The third-order valence-electron chi connectivity index (χ3n) is 11.9. The molecule has 0 amide bonds. The summed E-state index contributed by atoms with van der Waals surface area (Å²) >= 11 is 0. The van der Waals surface area contributed by atoms with Crippen molar-refractivity contribution in [3.05, 3.63) is 11.6 Å². The Balaban J connectivity index is 1.24. The Bertz CT molecular complexity index is 1040. The number of carbonyl (C=O) groups excluding carboxylic acids is 1. The van der Waals surface area contributed by atoms with Crippen molar-refractivity contribution in [3.8, 4) is 0 Å². The number of rotatable bonds is 4. The van der Waals surface area contributed by atoms with Gasteiger partial charge < -0.3 is 39.8 Å². The lowest BCUT2D eigenvalue weighted by Gasteiger charge is -2.65. The van der Waals surface area contributed by atoms with Gasteiger partial charge in [-0.25, -0.2) is 4.79 Å². The predicted molar refractivity (Wildman–Crippen MR) is 138 cm³/mol. The van der Waals surface area contributed by atoms with Gasteiger partial charge in [0.15, 0.2) is 6.29 Å². The molecule has 0 aromatic carbocycles. The van der Waals surface area contributed by atoms with Gasteiger partial charge in [-0.3, -0.25) is 0 Å². The molecule has 4 aliphatic carbocycles. The quantitative estimate of drug-likeness (QED) is 0.116. The second-order valence-electron chi connectivity index (χ2n) is 13.4. The van der Waals surface area contributed by atoms with E-state index in [1.54, 1.807) is 13.0 Å². The maximum Gasteiger partial charge on any atom is 0.331 e. The minimum atomic E-state index is -1.18. The van der Waals surface area contributed by atoms with Crippen LogP contribution in [0.3, 0.4) is 0 Å². The molecule has 0 aromatic heterocycles. The van der Waals surface area contributed by atoms with E-state index < -0.39 is 46.6 Å². The number of aliphatic hydroxyl groups excluding tert-OH is 2. The lowest BCUT2D eigenvalue weighted by atomic mass is 9.41. The lowest BCUT2D eigenvalue weighted by Crippen LogP contribution is -2.69. The Morgan fingerprint density at radius 2 is 1.85 bits per heavy atom. The molecular formula is C29H43NO9. The number of carbonyl (C=O) groups is 1. The zero-order valence-electron chi connectivity index (χ0n) is 22.9. The smallest absolute Gasteiger partial charge is 0.331 e. The number of fused-ring (bicyclic) bond motifs is 5. The number of hydrogen-bond donors (Lipinski definition) is 5. The first-order valence-corrected chi connectivity index (χ1v) is 14.6. The van der Waals surface area contributed by atoms with Crippen molar-refractivity contribution in [2.24, 2.45) is 33.7 Å². The van der Waals surface area contributed by atoms with Crippen molar-refractivity contribution in [1.29, 1.82) is 0 Å². The van der Waals surface area contributed by atoms with Gasteiger partial charge in [0, 0.05) is 29.7 Å². The molecule has 218 valence electrons. The number of ether oxygens (including phenoxy) is 3. The number of hydrogen-bond acceptors (Lipinski definition) is 10. The van der Waals surface area contributed by atoms with E-state index in [9.17, 15) is 30.4 Å². The van der Waals surface area contributed by atoms with Crippen LogP contribution in [0.1, 0.15) is 78.1 Å². The van der Waals surface area contributed by atoms with E-state index in [0.29, 0.717) is 45.1 Å². The van der Waals surface area contributed by atoms with E-state index in [-0.39, 0.29) is 36.2 Å². The summed E-state index contributed by atoms with van der Waals surface area (Å²) in [4.78, 5) is 11.8. The van der Waals surface area contributed by atoms with Crippen LogP contribution in [0, 0.1) is 28.6 Å². The number of aliphatic hydroxyl groups is 4. The molecule has 39 heavy (non-hydrogen) atoms. The standard InChI is InChI=1S/C29H43NO9/c1-16-25(33)22(31)12-24(38-16)39-18-3-8-27(15-30-36)20-4-7-26(2)19(17-11-23(32)37-14-17)6-10-29(26,35)21(20)5-9-28(27,34)13-18/h11,15-16,18-22,24-25,31,33-36H,3-10,12-14H2,1-2H3/b30-15-/t16-,18+,19-,20-,21+,22+,24+,25-,26+,27-,28-,29-/m0/s1. The summed E-state index contributed by atoms with van der Waals surface area (Å²) < 4.78 is 17.2. The summed E-state index contributed by atoms with van der Waals surface area (Å²) in [7, 11) is 0. The van der Waals surface area contributed by atoms with Crippen LogP contribution in [0.15, 0.2) is 16.8 Å². The molecule has 4 saturated carbocycles. The summed E-state index contributed by atoms with van der Waals surface area (Å²) in [5.41, 5.74) is -2.37. The fourth-order valence-corrected chi connectivity index (χ4v) is 9.89. The number of esters is 1. The van der Waals surface area contributed by atoms with Gasteiger partial charge in [-0.1, -0.05) is 6.92 Å². The van der Waals surface area contributed by atoms with Crippen molar-refractivity contribution < 1.29 is 44.6 Å². The van der Waals surface area contributed by atoms with E-state index in [4.69, 9.17) is 14.2 Å². The van der Waals surface area contributed by atoms with Gasteiger partial charge in [0.2, 0.25) is 0 Å². The first kappa shape index (κ1) is 27.6. The molecule has 0 aromatic rings. The minimum Gasteiger partial charge on any atom is -0.458 e. The van der Waals surface area contributed by atoms with Crippen LogP contribution in [0.4, 0.5) is 0 Å². The Kier molecular flexibility index (Phi) is 6.72. The zero-order valence-corrected chi connectivity index (χ0v) is 22.9. The Morgan fingerprint density at radius 3 is 2.54 bits per heavy atom. The van der Waals surface area contributed by atoms with E-state index in [0.717, 1.165) is 24.8 Å². The Morgan fingerprint density at radius 1 is 1.08 bits per heavy atom. The molecule has 1 saturated heterocycles. The van der Waals surface area contributed by atoms with E-state index >= 15 is 0 Å². The van der Waals surface area contributed by atoms with Gasteiger partial charge in [-0.05, 0) is 81.6 Å². The average Bonchev–Trinajstić information content (AvgIpc) is 3.42. The lowest BCUT2D eigenvalue weighted by molar-refractivity contribution is -0.282. The van der Waals surface area contributed by atoms with Crippen LogP contribution >= 0.6 is 0 Å². The summed E-state index contributed by atoms with van der Waals surface area (Å²) in [6, 6.07) is 0. The SMILES string of the molecule is C[C@@H]1O[C@H](O[C@@H]2CC[C@]3(/C=N\O)[C@H]4CC[C@]5(C)[C@H](C6=CC(=O)OC6)CC[C@]5(O)[C@@H]4CC[C@]3(O)C2)C[C@@H](O)[C@H]1O. The molecule has 12 atom stereocenters. The van der Waals surface area contributed by atoms with Gasteiger partial charge >= 0.3 is 5.97 Å². The summed E-state index contributed by atoms with van der Waals surface area (Å²) in [6.07, 6.45) is 5.36. The number of nitrogens with zero attached hydrogens (tertiary/aromatic N) is 1. The molecule has 6 aliphatic rings. The average molecular weight is 550 g/mol. The topological polar surface area (TPSA) is 158 Å². The molecular weight excluding hydrogens is 506 g/mol. The maximum atomic E-state index is 12.4. The zero-order chi connectivity index (χ0) is 27.8. The van der Waals surface area contributed by atoms with E-state index in [2.05, 4.69) is 12.1 Å². The fourth-order valence-electron chi connectivity index (χ4n) is 9.89. The molecule has 0 bridgehead atoms. The molecule has 5 N–H and O–H groups in total. The van der Waals surface area contributed by atoms with Crippen molar-refractivity contribution in [3.63, 3.8) is 0 Å². The first-order valence-electron chi connectivity index (χ1n) is 14.6.